The number of thioether (sulfide) groups is 1. The van der Waals surface area contributed by atoms with Gasteiger partial charge in [-0.05, 0) is 37.3 Å². The van der Waals surface area contributed by atoms with Gasteiger partial charge in [0.05, 0.1) is 22.2 Å². The lowest BCUT2D eigenvalue weighted by molar-refractivity contribution is -0.115. The van der Waals surface area contributed by atoms with E-state index in [2.05, 4.69) is 15.5 Å². The molecule has 0 saturated heterocycles. The van der Waals surface area contributed by atoms with E-state index >= 15 is 0 Å². The van der Waals surface area contributed by atoms with Crippen LogP contribution in [0.1, 0.15) is 6.92 Å². The smallest absolute Gasteiger partial charge is 0.284 e. The minimum Gasteiger partial charge on any atom is -0.459 e. The number of furan rings is 1. The molecule has 0 aliphatic rings. The largest absolute Gasteiger partial charge is 0.459 e. The second-order valence-corrected chi connectivity index (χ2v) is 6.42. The third-order valence-corrected chi connectivity index (χ3v) is 4.22. The van der Waals surface area contributed by atoms with Gasteiger partial charge in [0, 0.05) is 0 Å². The van der Waals surface area contributed by atoms with Gasteiger partial charge in [-0.15, -0.1) is 10.2 Å². The SMILES string of the molecule is C[C@@H](Sc1nnc(-c2ccco2)o1)C(=O)Nc1ccc(F)cc1Cl. The van der Waals surface area contributed by atoms with Crippen LogP contribution in [0.2, 0.25) is 5.02 Å². The number of benzene rings is 1. The highest BCUT2D eigenvalue weighted by Crippen LogP contribution is 2.28. The first-order valence-corrected chi connectivity index (χ1v) is 8.08. The van der Waals surface area contributed by atoms with Crippen molar-refractivity contribution in [2.45, 2.75) is 17.4 Å². The molecule has 0 saturated carbocycles. The lowest BCUT2D eigenvalue weighted by Gasteiger charge is -2.11. The number of anilines is 1. The van der Waals surface area contributed by atoms with Crippen molar-refractivity contribution in [3.63, 3.8) is 0 Å². The number of halogens is 2. The van der Waals surface area contributed by atoms with Crippen molar-refractivity contribution in [2.24, 2.45) is 0 Å². The Bertz CT molecular complexity index is 854. The Morgan fingerprint density at radius 1 is 1.38 bits per heavy atom. The Morgan fingerprint density at radius 2 is 2.21 bits per heavy atom. The van der Waals surface area contributed by atoms with Gasteiger partial charge < -0.3 is 14.2 Å². The van der Waals surface area contributed by atoms with Gasteiger partial charge in [0.15, 0.2) is 5.76 Å². The van der Waals surface area contributed by atoms with E-state index in [0.29, 0.717) is 11.4 Å². The molecule has 9 heteroatoms. The quantitative estimate of drug-likeness (QED) is 0.679. The number of amides is 1. The highest BCUT2D eigenvalue weighted by Gasteiger charge is 2.20. The molecule has 0 fully saturated rings. The van der Waals surface area contributed by atoms with Crippen LogP contribution in [-0.2, 0) is 4.79 Å². The van der Waals surface area contributed by atoms with E-state index in [1.54, 1.807) is 19.1 Å². The summed E-state index contributed by atoms with van der Waals surface area (Å²) in [5.41, 5.74) is 0.331. The minimum absolute atomic E-state index is 0.124. The van der Waals surface area contributed by atoms with Crippen LogP contribution in [0.3, 0.4) is 0 Å². The maximum absolute atomic E-state index is 13.0. The van der Waals surface area contributed by atoms with Crippen LogP contribution in [0.5, 0.6) is 0 Å². The Labute approximate surface area is 145 Å². The van der Waals surface area contributed by atoms with Gasteiger partial charge in [-0.25, -0.2) is 4.39 Å². The first kappa shape index (κ1) is 16.5. The summed E-state index contributed by atoms with van der Waals surface area (Å²) in [7, 11) is 0. The standard InChI is InChI=1S/C15H11ClFN3O3S/c1-8(13(21)18-11-5-4-9(17)7-10(11)16)24-15-20-19-14(23-15)12-3-2-6-22-12/h2-8H,1H3,(H,18,21)/t8-/m1/s1. The highest BCUT2D eigenvalue weighted by molar-refractivity contribution is 8.00. The fourth-order valence-corrected chi connectivity index (χ4v) is 2.69. The number of hydrogen-bond donors (Lipinski definition) is 1. The van der Waals surface area contributed by atoms with Crippen molar-refractivity contribution in [2.75, 3.05) is 5.32 Å². The van der Waals surface area contributed by atoms with E-state index in [0.717, 1.165) is 17.8 Å². The van der Waals surface area contributed by atoms with Gasteiger partial charge >= 0.3 is 0 Å². The number of carbonyl (C=O) groups is 1. The Morgan fingerprint density at radius 3 is 2.92 bits per heavy atom. The number of nitrogens with one attached hydrogen (secondary N) is 1. The molecule has 6 nitrogen and oxygen atoms in total. The molecule has 2 aromatic heterocycles. The van der Waals surface area contributed by atoms with Crippen LogP contribution in [0.4, 0.5) is 10.1 Å². The Hall–Kier alpha value is -2.32. The normalized spacial score (nSPS) is 12.1. The molecule has 1 N–H and O–H groups in total. The number of rotatable bonds is 5. The molecule has 0 bridgehead atoms. The maximum Gasteiger partial charge on any atom is 0.284 e. The zero-order valence-electron chi connectivity index (χ0n) is 12.3. The third-order valence-electron chi connectivity index (χ3n) is 2.97. The predicted octanol–water partition coefficient (Wildman–Crippen LogP) is 4.24. The van der Waals surface area contributed by atoms with Crippen molar-refractivity contribution in [3.05, 3.63) is 47.4 Å². The van der Waals surface area contributed by atoms with Crippen LogP contribution >= 0.6 is 23.4 Å². The van der Waals surface area contributed by atoms with Gasteiger partial charge in [0.2, 0.25) is 5.91 Å². The summed E-state index contributed by atoms with van der Waals surface area (Å²) in [5.74, 6) is -0.121. The van der Waals surface area contributed by atoms with Gasteiger partial charge in [-0.2, -0.15) is 0 Å². The Balaban J connectivity index is 1.64. The summed E-state index contributed by atoms with van der Waals surface area (Å²) in [6.07, 6.45) is 1.49. The molecular weight excluding hydrogens is 357 g/mol. The van der Waals surface area contributed by atoms with Crippen LogP contribution in [0.25, 0.3) is 11.7 Å². The molecule has 1 aromatic carbocycles. The first-order chi connectivity index (χ1) is 11.5. The van der Waals surface area contributed by atoms with E-state index in [1.807, 2.05) is 0 Å². The van der Waals surface area contributed by atoms with E-state index in [1.165, 1.54) is 18.4 Å². The first-order valence-electron chi connectivity index (χ1n) is 6.83. The second-order valence-electron chi connectivity index (χ2n) is 4.72. The molecule has 0 aliphatic carbocycles. The van der Waals surface area contributed by atoms with Crippen LogP contribution < -0.4 is 5.32 Å². The fraction of sp³-hybridized carbons (Fsp3) is 0.133. The van der Waals surface area contributed by atoms with Crippen molar-refractivity contribution in [1.29, 1.82) is 0 Å². The molecule has 24 heavy (non-hydrogen) atoms. The Kier molecular flexibility index (Phi) is 4.86. The highest BCUT2D eigenvalue weighted by atomic mass is 35.5. The molecule has 1 amide bonds. The molecule has 3 rings (SSSR count). The average Bonchev–Trinajstić information content (AvgIpc) is 3.20. The second kappa shape index (κ2) is 7.06. The lowest BCUT2D eigenvalue weighted by Crippen LogP contribution is -2.22. The summed E-state index contributed by atoms with van der Waals surface area (Å²) in [6, 6.07) is 7.13. The molecule has 1 atom stereocenters. The van der Waals surface area contributed by atoms with Gasteiger partial charge in [0.1, 0.15) is 5.82 Å². The minimum atomic E-state index is -0.531. The molecular formula is C15H11ClFN3O3S. The molecule has 0 spiro atoms. The summed E-state index contributed by atoms with van der Waals surface area (Å²) >= 11 is 6.97. The topological polar surface area (TPSA) is 81.2 Å². The number of hydrogen-bond acceptors (Lipinski definition) is 6. The van der Waals surface area contributed by atoms with Crippen LogP contribution in [0, 0.1) is 5.82 Å². The third kappa shape index (κ3) is 3.77. The lowest BCUT2D eigenvalue weighted by atomic mass is 10.3. The molecule has 3 aromatic rings. The van der Waals surface area contributed by atoms with Crippen LogP contribution in [-0.4, -0.2) is 21.4 Å². The van der Waals surface area contributed by atoms with E-state index in [4.69, 9.17) is 20.4 Å². The zero-order chi connectivity index (χ0) is 17.1. The van der Waals surface area contributed by atoms with Gasteiger partial charge in [0.25, 0.3) is 11.1 Å². The zero-order valence-corrected chi connectivity index (χ0v) is 13.9. The summed E-state index contributed by atoms with van der Waals surface area (Å²) in [4.78, 5) is 12.2. The fourth-order valence-electron chi connectivity index (χ4n) is 1.79. The number of aromatic nitrogens is 2. The van der Waals surface area contributed by atoms with Gasteiger partial charge in [-0.3, -0.25) is 4.79 Å². The molecule has 0 aliphatic heterocycles. The number of carbonyl (C=O) groups excluding carboxylic acids is 1. The van der Waals surface area contributed by atoms with Gasteiger partial charge in [-0.1, -0.05) is 23.4 Å². The van der Waals surface area contributed by atoms with Crippen molar-refractivity contribution in [3.8, 4) is 11.7 Å². The van der Waals surface area contributed by atoms with Crippen LogP contribution in [0.15, 0.2) is 50.7 Å². The van der Waals surface area contributed by atoms with E-state index in [-0.39, 0.29) is 22.0 Å². The predicted molar refractivity (Wildman–Crippen MR) is 87.4 cm³/mol. The van der Waals surface area contributed by atoms with Crippen molar-refractivity contribution in [1.82, 2.24) is 10.2 Å². The molecule has 124 valence electrons. The van der Waals surface area contributed by atoms with Crippen molar-refractivity contribution < 1.29 is 18.0 Å². The van der Waals surface area contributed by atoms with E-state index < -0.39 is 11.1 Å². The maximum atomic E-state index is 13.0. The molecule has 0 radical (unpaired) electrons. The van der Waals surface area contributed by atoms with Crippen molar-refractivity contribution >= 4 is 35.0 Å². The monoisotopic (exact) mass is 367 g/mol. The summed E-state index contributed by atoms with van der Waals surface area (Å²) in [5, 5.41) is 10.2. The number of nitrogens with zero attached hydrogens (tertiary/aromatic N) is 2. The van der Waals surface area contributed by atoms with E-state index in [9.17, 15) is 9.18 Å². The summed E-state index contributed by atoms with van der Waals surface area (Å²) < 4.78 is 23.6. The molecule has 0 unspecified atom stereocenters. The molecule has 2 heterocycles. The average molecular weight is 368 g/mol. The summed E-state index contributed by atoms with van der Waals surface area (Å²) in [6.45, 7) is 1.67.